The van der Waals surface area contributed by atoms with Crippen molar-refractivity contribution < 1.29 is 14.3 Å². The van der Waals surface area contributed by atoms with Gasteiger partial charge in [0.1, 0.15) is 11.8 Å². The van der Waals surface area contributed by atoms with Crippen LogP contribution in [0.1, 0.15) is 15.9 Å². The molecule has 0 amide bonds. The van der Waals surface area contributed by atoms with Crippen LogP contribution in [0, 0.1) is 11.3 Å². The lowest BCUT2D eigenvalue weighted by molar-refractivity contribution is 0.0600. The van der Waals surface area contributed by atoms with E-state index < -0.39 is 5.97 Å². The molecule has 0 fully saturated rings. The maximum atomic E-state index is 11.5. The van der Waals surface area contributed by atoms with Crippen molar-refractivity contribution in [3.8, 4) is 11.8 Å². The minimum absolute atomic E-state index is 0.369. The Hall–Kier alpha value is -2.45. The Morgan fingerprint density at radius 3 is 2.43 bits per heavy atom. The van der Waals surface area contributed by atoms with Gasteiger partial charge in [-0.3, -0.25) is 0 Å². The number of carbonyl (C=O) groups excluding carboxylic acids is 1. The number of ether oxygens (including phenoxy) is 2. The largest absolute Gasteiger partial charge is 0.497 e. The zero-order valence-corrected chi connectivity index (χ0v) is 12.4. The van der Waals surface area contributed by atoms with E-state index in [0.717, 1.165) is 15.5 Å². The van der Waals surface area contributed by atoms with Crippen LogP contribution in [0.2, 0.25) is 0 Å². The average molecular weight is 299 g/mol. The van der Waals surface area contributed by atoms with Gasteiger partial charge in [-0.25, -0.2) is 4.79 Å². The normalized spacial score (nSPS) is 9.76. The number of rotatable bonds is 4. The first-order valence-corrected chi connectivity index (χ1v) is 6.94. The van der Waals surface area contributed by atoms with Gasteiger partial charge >= 0.3 is 5.97 Å². The topological polar surface area (TPSA) is 59.3 Å². The molecule has 2 rings (SSSR count). The SMILES string of the molecule is COC(=O)c1ccc(Sc2ccc(OC)cc2)c(C#N)c1. The van der Waals surface area contributed by atoms with Gasteiger partial charge in [-0.05, 0) is 42.5 Å². The molecule has 0 aliphatic rings. The van der Waals surface area contributed by atoms with Crippen LogP contribution < -0.4 is 4.74 Å². The number of esters is 1. The second kappa shape index (κ2) is 6.82. The summed E-state index contributed by atoms with van der Waals surface area (Å²) in [4.78, 5) is 13.2. The molecule has 0 spiro atoms. The Kier molecular flexibility index (Phi) is 4.85. The zero-order chi connectivity index (χ0) is 15.2. The molecule has 2 aromatic rings. The first-order chi connectivity index (χ1) is 10.2. The van der Waals surface area contributed by atoms with Gasteiger partial charge in [0.25, 0.3) is 0 Å². The maximum Gasteiger partial charge on any atom is 0.337 e. The van der Waals surface area contributed by atoms with E-state index in [4.69, 9.17) is 4.74 Å². The van der Waals surface area contributed by atoms with E-state index in [-0.39, 0.29) is 0 Å². The fourth-order valence-electron chi connectivity index (χ4n) is 1.72. The highest BCUT2D eigenvalue weighted by Gasteiger charge is 2.10. The van der Waals surface area contributed by atoms with Crippen LogP contribution in [-0.4, -0.2) is 20.2 Å². The number of hydrogen-bond acceptors (Lipinski definition) is 5. The quantitative estimate of drug-likeness (QED) is 0.809. The Labute approximate surface area is 127 Å². The molecule has 21 heavy (non-hydrogen) atoms. The first kappa shape index (κ1) is 14.9. The number of methoxy groups -OCH3 is 2. The van der Waals surface area contributed by atoms with Gasteiger partial charge in [0.05, 0.1) is 25.3 Å². The molecule has 0 unspecified atom stereocenters. The minimum atomic E-state index is -0.451. The molecule has 0 aliphatic carbocycles. The molecule has 0 radical (unpaired) electrons. The molecule has 106 valence electrons. The van der Waals surface area contributed by atoms with Crippen LogP contribution in [0.3, 0.4) is 0 Å². The second-order valence-corrected chi connectivity index (χ2v) is 5.21. The third kappa shape index (κ3) is 3.56. The highest BCUT2D eigenvalue weighted by atomic mass is 32.2. The molecule has 0 atom stereocenters. The molecule has 0 aliphatic heterocycles. The molecular formula is C16H13NO3S. The number of hydrogen-bond donors (Lipinski definition) is 0. The Balaban J connectivity index is 2.27. The number of carbonyl (C=O) groups is 1. The summed E-state index contributed by atoms with van der Waals surface area (Å²) in [6.45, 7) is 0. The molecule has 4 nitrogen and oxygen atoms in total. The lowest BCUT2D eigenvalue weighted by atomic mass is 10.1. The van der Waals surface area contributed by atoms with Crippen molar-refractivity contribution >= 4 is 17.7 Å². The van der Waals surface area contributed by atoms with Crippen LogP contribution in [0.4, 0.5) is 0 Å². The maximum absolute atomic E-state index is 11.5. The van der Waals surface area contributed by atoms with Crippen molar-refractivity contribution in [2.24, 2.45) is 0 Å². The minimum Gasteiger partial charge on any atom is -0.497 e. The summed E-state index contributed by atoms with van der Waals surface area (Å²) in [7, 11) is 2.93. The highest BCUT2D eigenvalue weighted by Crippen LogP contribution is 2.31. The summed E-state index contributed by atoms with van der Waals surface area (Å²) in [5, 5.41) is 9.22. The van der Waals surface area contributed by atoms with E-state index in [1.165, 1.54) is 24.9 Å². The molecular weight excluding hydrogens is 286 g/mol. The molecule has 2 aromatic carbocycles. The van der Waals surface area contributed by atoms with E-state index in [0.29, 0.717) is 11.1 Å². The van der Waals surface area contributed by atoms with Crippen molar-refractivity contribution in [1.29, 1.82) is 5.26 Å². The smallest absolute Gasteiger partial charge is 0.337 e. The molecule has 0 aromatic heterocycles. The number of nitriles is 1. The van der Waals surface area contributed by atoms with Gasteiger partial charge in [-0.15, -0.1) is 0 Å². The number of nitrogens with zero attached hydrogens (tertiary/aromatic N) is 1. The first-order valence-electron chi connectivity index (χ1n) is 6.12. The van der Waals surface area contributed by atoms with Gasteiger partial charge in [-0.1, -0.05) is 11.8 Å². The van der Waals surface area contributed by atoms with Crippen LogP contribution in [0.15, 0.2) is 52.3 Å². The summed E-state index contributed by atoms with van der Waals surface area (Å²) in [5.41, 5.74) is 0.812. The van der Waals surface area contributed by atoms with E-state index in [9.17, 15) is 10.1 Å². The Morgan fingerprint density at radius 1 is 1.14 bits per heavy atom. The summed E-state index contributed by atoms with van der Waals surface area (Å²) in [6, 6.07) is 14.6. The molecule has 0 N–H and O–H groups in total. The third-order valence-electron chi connectivity index (χ3n) is 2.81. The summed E-state index contributed by atoms with van der Waals surface area (Å²) < 4.78 is 9.76. The molecule has 0 heterocycles. The van der Waals surface area contributed by atoms with Crippen LogP contribution in [0.5, 0.6) is 5.75 Å². The molecule has 0 saturated carbocycles. The van der Waals surface area contributed by atoms with Crippen LogP contribution in [-0.2, 0) is 4.74 Å². The van der Waals surface area contributed by atoms with E-state index >= 15 is 0 Å². The number of benzene rings is 2. The summed E-state index contributed by atoms with van der Waals surface area (Å²) in [5.74, 6) is 0.327. The summed E-state index contributed by atoms with van der Waals surface area (Å²) in [6.07, 6.45) is 0. The van der Waals surface area contributed by atoms with Crippen molar-refractivity contribution in [2.45, 2.75) is 9.79 Å². The fourth-order valence-corrected chi connectivity index (χ4v) is 2.60. The van der Waals surface area contributed by atoms with Crippen LogP contribution in [0.25, 0.3) is 0 Å². The van der Waals surface area contributed by atoms with Gasteiger partial charge < -0.3 is 9.47 Å². The Morgan fingerprint density at radius 2 is 1.86 bits per heavy atom. The molecule has 0 saturated heterocycles. The van der Waals surface area contributed by atoms with Crippen molar-refractivity contribution in [2.75, 3.05) is 14.2 Å². The van der Waals surface area contributed by atoms with Gasteiger partial charge in [0, 0.05) is 9.79 Å². The van der Waals surface area contributed by atoms with Gasteiger partial charge in [-0.2, -0.15) is 5.26 Å². The predicted molar refractivity (Wildman–Crippen MR) is 79.6 cm³/mol. The monoisotopic (exact) mass is 299 g/mol. The van der Waals surface area contributed by atoms with Crippen molar-refractivity contribution in [3.63, 3.8) is 0 Å². The second-order valence-electron chi connectivity index (χ2n) is 4.09. The lowest BCUT2D eigenvalue weighted by Gasteiger charge is -2.07. The van der Waals surface area contributed by atoms with E-state index in [1.807, 2.05) is 24.3 Å². The average Bonchev–Trinajstić information content (AvgIpc) is 2.55. The fraction of sp³-hybridized carbons (Fsp3) is 0.125. The van der Waals surface area contributed by atoms with E-state index in [2.05, 4.69) is 10.8 Å². The molecule has 0 bridgehead atoms. The molecule has 5 heteroatoms. The van der Waals surface area contributed by atoms with Crippen molar-refractivity contribution in [3.05, 3.63) is 53.6 Å². The lowest BCUT2D eigenvalue weighted by Crippen LogP contribution is -2.01. The highest BCUT2D eigenvalue weighted by molar-refractivity contribution is 7.99. The Bertz CT molecular complexity index is 690. The van der Waals surface area contributed by atoms with Gasteiger partial charge in [0.2, 0.25) is 0 Å². The predicted octanol–water partition coefficient (Wildman–Crippen LogP) is 3.50. The van der Waals surface area contributed by atoms with Crippen molar-refractivity contribution in [1.82, 2.24) is 0 Å². The van der Waals surface area contributed by atoms with Gasteiger partial charge in [0.15, 0.2) is 0 Å². The summed E-state index contributed by atoms with van der Waals surface area (Å²) >= 11 is 1.46. The third-order valence-corrected chi connectivity index (χ3v) is 3.89. The standard InChI is InChI=1S/C16H13NO3S/c1-19-13-4-6-14(7-5-13)21-15-8-3-11(16(18)20-2)9-12(15)10-17/h3-9H,1-2H3. The zero-order valence-electron chi connectivity index (χ0n) is 11.6. The van der Waals surface area contributed by atoms with E-state index in [1.54, 1.807) is 19.2 Å². The van der Waals surface area contributed by atoms with Crippen LogP contribution >= 0.6 is 11.8 Å².